The van der Waals surface area contributed by atoms with Gasteiger partial charge in [0, 0.05) is 0 Å². The SMILES string of the molecule is CC(C)(C)C(=O)OCOP(=O)(OCOC(=O)C(C)(C)C)C(=O)Oc1ccccc1. The van der Waals surface area contributed by atoms with Crippen molar-refractivity contribution >= 4 is 25.2 Å². The van der Waals surface area contributed by atoms with Gasteiger partial charge in [-0.05, 0) is 53.7 Å². The van der Waals surface area contributed by atoms with E-state index in [-0.39, 0.29) is 5.75 Å². The Kier molecular flexibility index (Phi) is 8.56. The molecule has 0 spiro atoms. The van der Waals surface area contributed by atoms with E-state index >= 15 is 0 Å². The van der Waals surface area contributed by atoms with E-state index in [0.29, 0.717) is 0 Å². The van der Waals surface area contributed by atoms with E-state index < -0.39 is 49.7 Å². The third-order valence-corrected chi connectivity index (χ3v) is 4.65. The summed E-state index contributed by atoms with van der Waals surface area (Å²) in [7, 11) is -4.61. The number of ether oxygens (including phenoxy) is 3. The Morgan fingerprint density at radius 1 is 0.793 bits per heavy atom. The number of hydrogen-bond donors (Lipinski definition) is 0. The predicted octanol–water partition coefficient (Wildman–Crippen LogP) is 4.51. The molecule has 0 aliphatic heterocycles. The summed E-state index contributed by atoms with van der Waals surface area (Å²) >= 11 is 0. The Balaban J connectivity index is 2.82. The molecule has 0 aromatic heterocycles. The molecule has 0 amide bonds. The Labute approximate surface area is 170 Å². The van der Waals surface area contributed by atoms with E-state index in [1.807, 2.05) is 0 Å². The van der Waals surface area contributed by atoms with Crippen molar-refractivity contribution in [3.8, 4) is 5.75 Å². The van der Waals surface area contributed by atoms with Crippen LogP contribution in [0.5, 0.6) is 5.75 Å². The first-order valence-electron chi connectivity index (χ1n) is 8.77. The van der Waals surface area contributed by atoms with E-state index in [1.54, 1.807) is 59.7 Å². The molecular weight excluding hydrogens is 403 g/mol. The molecule has 9 nitrogen and oxygen atoms in total. The number of para-hydroxylation sites is 1. The van der Waals surface area contributed by atoms with Gasteiger partial charge in [0.05, 0.1) is 10.8 Å². The highest BCUT2D eigenvalue weighted by Gasteiger charge is 2.40. The van der Waals surface area contributed by atoms with Crippen molar-refractivity contribution in [2.45, 2.75) is 41.5 Å². The molecule has 0 aliphatic rings. The van der Waals surface area contributed by atoms with Gasteiger partial charge in [-0.1, -0.05) is 18.2 Å². The van der Waals surface area contributed by atoms with Crippen LogP contribution in [0.2, 0.25) is 0 Å². The summed E-state index contributed by atoms with van der Waals surface area (Å²) in [6.45, 7) is 8.04. The fourth-order valence-electron chi connectivity index (χ4n) is 1.52. The quantitative estimate of drug-likeness (QED) is 0.334. The van der Waals surface area contributed by atoms with Crippen molar-refractivity contribution in [3.05, 3.63) is 30.3 Å². The molecule has 162 valence electrons. The lowest BCUT2D eigenvalue weighted by atomic mass is 9.98. The molecule has 0 aliphatic carbocycles. The first-order valence-corrected chi connectivity index (χ1v) is 10.3. The van der Waals surface area contributed by atoms with Crippen LogP contribution in [-0.2, 0) is 32.7 Å². The Hall–Kier alpha value is -2.22. The van der Waals surface area contributed by atoms with Crippen LogP contribution < -0.4 is 4.74 Å². The molecule has 0 heterocycles. The maximum atomic E-state index is 12.9. The maximum Gasteiger partial charge on any atom is 0.444 e. The molecule has 10 heteroatoms. The van der Waals surface area contributed by atoms with Gasteiger partial charge in [-0.2, -0.15) is 0 Å². The molecule has 1 aromatic rings. The molecule has 0 saturated carbocycles. The number of rotatable bonds is 8. The number of benzene rings is 1. The summed E-state index contributed by atoms with van der Waals surface area (Å²) in [4.78, 5) is 36.0. The summed E-state index contributed by atoms with van der Waals surface area (Å²) in [5.41, 5.74) is -3.01. The van der Waals surface area contributed by atoms with Crippen molar-refractivity contribution in [1.29, 1.82) is 0 Å². The van der Waals surface area contributed by atoms with Gasteiger partial charge >= 0.3 is 25.2 Å². The zero-order valence-electron chi connectivity index (χ0n) is 17.4. The smallest absolute Gasteiger partial charge is 0.438 e. The molecule has 0 saturated heterocycles. The molecule has 1 rings (SSSR count). The third kappa shape index (κ3) is 8.35. The van der Waals surface area contributed by atoms with Crippen LogP contribution in [0, 0.1) is 10.8 Å². The van der Waals surface area contributed by atoms with Crippen LogP contribution in [0.15, 0.2) is 30.3 Å². The lowest BCUT2D eigenvalue weighted by Gasteiger charge is -2.20. The van der Waals surface area contributed by atoms with Gasteiger partial charge in [0.2, 0.25) is 13.6 Å². The van der Waals surface area contributed by atoms with Crippen molar-refractivity contribution in [1.82, 2.24) is 0 Å². The van der Waals surface area contributed by atoms with Gasteiger partial charge in [0.25, 0.3) is 0 Å². The summed E-state index contributed by atoms with van der Waals surface area (Å²) in [5, 5.41) is 0. The van der Waals surface area contributed by atoms with Crippen molar-refractivity contribution in [3.63, 3.8) is 0 Å². The molecule has 29 heavy (non-hydrogen) atoms. The lowest BCUT2D eigenvalue weighted by Crippen LogP contribution is -2.25. The number of carbonyl (C=O) groups excluding carboxylic acids is 3. The summed E-state index contributed by atoms with van der Waals surface area (Å²) in [6.07, 6.45) is 0. The van der Waals surface area contributed by atoms with Crippen LogP contribution in [0.25, 0.3) is 0 Å². The Bertz CT molecular complexity index is 724. The van der Waals surface area contributed by atoms with Crippen LogP contribution in [0.1, 0.15) is 41.5 Å². The van der Waals surface area contributed by atoms with E-state index in [2.05, 4.69) is 0 Å². The van der Waals surface area contributed by atoms with E-state index in [0.717, 1.165) is 0 Å². The van der Waals surface area contributed by atoms with Crippen molar-refractivity contribution < 1.29 is 42.2 Å². The van der Waals surface area contributed by atoms with E-state index in [4.69, 9.17) is 23.3 Å². The van der Waals surface area contributed by atoms with Gasteiger partial charge < -0.3 is 14.2 Å². The number of hydrogen-bond acceptors (Lipinski definition) is 9. The highest BCUT2D eigenvalue weighted by Crippen LogP contribution is 2.50. The van der Waals surface area contributed by atoms with Crippen LogP contribution in [0.4, 0.5) is 4.79 Å². The minimum atomic E-state index is -4.61. The Morgan fingerprint density at radius 3 is 1.59 bits per heavy atom. The molecule has 0 unspecified atom stereocenters. The fraction of sp³-hybridized carbons (Fsp3) is 0.526. The monoisotopic (exact) mass is 430 g/mol. The van der Waals surface area contributed by atoms with E-state index in [9.17, 15) is 18.9 Å². The highest BCUT2D eigenvalue weighted by molar-refractivity contribution is 7.71. The number of carbonyl (C=O) groups is 3. The first-order chi connectivity index (χ1) is 13.3. The largest absolute Gasteiger partial charge is 0.444 e. The average Bonchev–Trinajstić information content (AvgIpc) is 2.60. The minimum Gasteiger partial charge on any atom is -0.438 e. The van der Waals surface area contributed by atoms with Gasteiger partial charge in [-0.15, -0.1) is 0 Å². The molecule has 0 N–H and O–H groups in total. The molecule has 1 aromatic carbocycles. The van der Waals surface area contributed by atoms with Crippen molar-refractivity contribution in [2.24, 2.45) is 10.8 Å². The van der Waals surface area contributed by atoms with Crippen molar-refractivity contribution in [2.75, 3.05) is 13.6 Å². The molecule has 0 fully saturated rings. The van der Waals surface area contributed by atoms with E-state index in [1.165, 1.54) is 12.1 Å². The maximum absolute atomic E-state index is 12.9. The summed E-state index contributed by atoms with van der Waals surface area (Å²) in [5.74, 6) is -1.18. The van der Waals surface area contributed by atoms with Crippen LogP contribution >= 0.6 is 7.60 Å². The second-order valence-electron chi connectivity index (χ2n) is 8.04. The van der Waals surface area contributed by atoms with Gasteiger partial charge in [-0.25, -0.2) is 9.36 Å². The second-order valence-corrected chi connectivity index (χ2v) is 9.91. The molecule has 0 atom stereocenters. The van der Waals surface area contributed by atoms with Crippen LogP contribution in [-0.4, -0.2) is 31.2 Å². The second kappa shape index (κ2) is 10.0. The zero-order valence-corrected chi connectivity index (χ0v) is 18.3. The predicted molar refractivity (Wildman–Crippen MR) is 103 cm³/mol. The minimum absolute atomic E-state index is 0.100. The summed E-state index contributed by atoms with van der Waals surface area (Å²) < 4.78 is 37.4. The number of esters is 2. The normalized spacial score (nSPS) is 12.2. The Morgan fingerprint density at radius 2 is 1.21 bits per heavy atom. The molecule has 0 bridgehead atoms. The van der Waals surface area contributed by atoms with Gasteiger partial charge in [0.1, 0.15) is 5.75 Å². The zero-order chi connectivity index (χ0) is 22.3. The van der Waals surface area contributed by atoms with Gasteiger partial charge in [0.15, 0.2) is 0 Å². The third-order valence-electron chi connectivity index (χ3n) is 3.22. The molecular formula is C19H27O9P. The average molecular weight is 430 g/mol. The molecule has 0 radical (unpaired) electrons. The first kappa shape index (κ1) is 24.8. The topological polar surface area (TPSA) is 114 Å². The van der Waals surface area contributed by atoms with Gasteiger partial charge in [-0.3, -0.25) is 18.6 Å². The summed E-state index contributed by atoms with van der Waals surface area (Å²) in [6, 6.07) is 7.82. The highest BCUT2D eigenvalue weighted by atomic mass is 31.2. The standard InChI is InChI=1S/C19H27O9P/c1-18(2,3)15(20)24-12-26-29(23,27-13-25-16(21)19(4,5)6)17(22)28-14-10-8-7-9-11-14/h7-11H,12-13H2,1-6H3. The fourth-order valence-corrected chi connectivity index (χ4v) is 2.40. The van der Waals surface area contributed by atoms with Crippen LogP contribution in [0.3, 0.4) is 0 Å². The lowest BCUT2D eigenvalue weighted by molar-refractivity contribution is -0.161.